The number of rotatable bonds is 5. The molecule has 0 radical (unpaired) electrons. The summed E-state index contributed by atoms with van der Waals surface area (Å²) in [5, 5.41) is 8.25. The van der Waals surface area contributed by atoms with E-state index in [1.807, 2.05) is 18.2 Å². The number of carbonyl (C=O) groups excluding carboxylic acids is 2. The predicted octanol–water partition coefficient (Wildman–Crippen LogP) is 2.54. The van der Waals surface area contributed by atoms with Crippen molar-refractivity contribution >= 4 is 40.5 Å². The summed E-state index contributed by atoms with van der Waals surface area (Å²) in [6.45, 7) is 1.31. The Morgan fingerprint density at radius 2 is 1.54 bits per heavy atom. The Kier molecular flexibility index (Phi) is 6.27. The Bertz CT molecular complexity index is 718. The van der Waals surface area contributed by atoms with Crippen LogP contribution in [-0.4, -0.2) is 23.5 Å². The fraction of sp³-hybridized carbons (Fsp3) is 0.118. The van der Waals surface area contributed by atoms with E-state index in [9.17, 15) is 9.59 Å². The van der Waals surface area contributed by atoms with Crippen LogP contribution in [0.3, 0.4) is 0 Å². The molecule has 0 spiro atoms. The van der Waals surface area contributed by atoms with Gasteiger partial charge < -0.3 is 15.4 Å². The highest BCUT2D eigenvalue weighted by Gasteiger charge is 2.06. The highest BCUT2D eigenvalue weighted by Crippen LogP contribution is 2.13. The molecule has 0 heterocycles. The van der Waals surface area contributed by atoms with Crippen LogP contribution in [0.2, 0.25) is 0 Å². The fourth-order valence-corrected chi connectivity index (χ4v) is 2.06. The molecule has 0 aromatic heterocycles. The number of para-hydroxylation sites is 1. The lowest BCUT2D eigenvalue weighted by atomic mass is 10.3. The first kappa shape index (κ1) is 17.4. The average molecular weight is 343 g/mol. The largest absolute Gasteiger partial charge is 0.484 e. The van der Waals surface area contributed by atoms with Crippen molar-refractivity contribution in [1.82, 2.24) is 5.32 Å². The number of hydrogen-bond donors (Lipinski definition) is 3. The summed E-state index contributed by atoms with van der Waals surface area (Å²) in [6.07, 6.45) is 0. The van der Waals surface area contributed by atoms with Crippen molar-refractivity contribution in [2.75, 3.05) is 17.2 Å². The van der Waals surface area contributed by atoms with Crippen LogP contribution in [0, 0.1) is 0 Å². The Morgan fingerprint density at radius 1 is 0.958 bits per heavy atom. The normalized spacial score (nSPS) is 9.71. The SMILES string of the molecule is CC(=O)Nc1ccc(NC(=S)NC(=O)COc2ccccc2)cc1. The fourth-order valence-electron chi connectivity index (χ4n) is 1.83. The third-order valence-corrected chi connectivity index (χ3v) is 3.03. The Morgan fingerprint density at radius 3 is 2.12 bits per heavy atom. The van der Waals surface area contributed by atoms with Crippen molar-refractivity contribution in [3.63, 3.8) is 0 Å². The number of thiocarbonyl (C=S) groups is 1. The summed E-state index contributed by atoms with van der Waals surface area (Å²) >= 11 is 5.08. The molecule has 6 nitrogen and oxygen atoms in total. The second-order valence-corrected chi connectivity index (χ2v) is 5.27. The van der Waals surface area contributed by atoms with Gasteiger partial charge in [0, 0.05) is 18.3 Å². The Hall–Kier alpha value is -2.93. The van der Waals surface area contributed by atoms with E-state index in [0.29, 0.717) is 17.1 Å². The van der Waals surface area contributed by atoms with E-state index in [-0.39, 0.29) is 23.5 Å². The zero-order chi connectivity index (χ0) is 17.4. The smallest absolute Gasteiger partial charge is 0.264 e. The minimum absolute atomic E-state index is 0.132. The maximum absolute atomic E-state index is 11.8. The second kappa shape index (κ2) is 8.64. The number of anilines is 2. The zero-order valence-corrected chi connectivity index (χ0v) is 13.9. The van der Waals surface area contributed by atoms with E-state index in [0.717, 1.165) is 0 Å². The second-order valence-electron chi connectivity index (χ2n) is 4.86. The summed E-state index contributed by atoms with van der Waals surface area (Å²) < 4.78 is 5.33. The topological polar surface area (TPSA) is 79.5 Å². The van der Waals surface area contributed by atoms with Gasteiger partial charge in [-0.1, -0.05) is 18.2 Å². The van der Waals surface area contributed by atoms with Gasteiger partial charge in [0.05, 0.1) is 0 Å². The van der Waals surface area contributed by atoms with Crippen LogP contribution in [0.25, 0.3) is 0 Å². The van der Waals surface area contributed by atoms with Crippen LogP contribution >= 0.6 is 12.2 Å². The third kappa shape index (κ3) is 6.05. The monoisotopic (exact) mass is 343 g/mol. The van der Waals surface area contributed by atoms with E-state index < -0.39 is 0 Å². The van der Waals surface area contributed by atoms with Crippen molar-refractivity contribution in [3.05, 3.63) is 54.6 Å². The van der Waals surface area contributed by atoms with Gasteiger partial charge in [-0.2, -0.15) is 0 Å². The van der Waals surface area contributed by atoms with Crippen molar-refractivity contribution in [1.29, 1.82) is 0 Å². The highest BCUT2D eigenvalue weighted by atomic mass is 32.1. The molecule has 24 heavy (non-hydrogen) atoms. The lowest BCUT2D eigenvalue weighted by Crippen LogP contribution is -2.37. The van der Waals surface area contributed by atoms with E-state index in [4.69, 9.17) is 17.0 Å². The van der Waals surface area contributed by atoms with E-state index in [2.05, 4.69) is 16.0 Å². The van der Waals surface area contributed by atoms with Gasteiger partial charge in [0.15, 0.2) is 11.7 Å². The first-order valence-electron chi connectivity index (χ1n) is 7.19. The van der Waals surface area contributed by atoms with Gasteiger partial charge in [-0.15, -0.1) is 0 Å². The molecule has 2 amide bonds. The zero-order valence-electron chi connectivity index (χ0n) is 13.0. The summed E-state index contributed by atoms with van der Waals surface area (Å²) in [5.41, 5.74) is 1.37. The summed E-state index contributed by atoms with van der Waals surface area (Å²) in [5.74, 6) is 0.114. The van der Waals surface area contributed by atoms with Crippen LogP contribution in [0.5, 0.6) is 5.75 Å². The van der Waals surface area contributed by atoms with E-state index >= 15 is 0 Å². The first-order valence-corrected chi connectivity index (χ1v) is 7.60. The molecule has 0 saturated heterocycles. The molecule has 0 atom stereocenters. The molecule has 0 unspecified atom stereocenters. The number of ether oxygens (including phenoxy) is 1. The van der Waals surface area contributed by atoms with E-state index in [1.54, 1.807) is 36.4 Å². The molecule has 2 aromatic rings. The molecule has 3 N–H and O–H groups in total. The highest BCUT2D eigenvalue weighted by molar-refractivity contribution is 7.80. The summed E-state index contributed by atoms with van der Waals surface area (Å²) in [4.78, 5) is 22.7. The molecular weight excluding hydrogens is 326 g/mol. The molecule has 0 aliphatic rings. The molecule has 0 aliphatic carbocycles. The van der Waals surface area contributed by atoms with Crippen molar-refractivity contribution in [2.45, 2.75) is 6.92 Å². The molecule has 0 aliphatic heterocycles. The minimum Gasteiger partial charge on any atom is -0.484 e. The van der Waals surface area contributed by atoms with Gasteiger partial charge in [-0.05, 0) is 48.6 Å². The Balaban J connectivity index is 1.77. The third-order valence-electron chi connectivity index (χ3n) is 2.83. The van der Waals surface area contributed by atoms with Crippen molar-refractivity contribution < 1.29 is 14.3 Å². The molecular formula is C17H17N3O3S. The van der Waals surface area contributed by atoms with E-state index in [1.165, 1.54) is 6.92 Å². The number of benzene rings is 2. The molecule has 7 heteroatoms. The average Bonchev–Trinajstić information content (AvgIpc) is 2.55. The van der Waals surface area contributed by atoms with Crippen molar-refractivity contribution in [3.8, 4) is 5.75 Å². The first-order chi connectivity index (χ1) is 11.5. The predicted molar refractivity (Wildman–Crippen MR) is 97.0 cm³/mol. The summed E-state index contributed by atoms with van der Waals surface area (Å²) in [7, 11) is 0. The van der Waals surface area contributed by atoms with Crippen LogP contribution in [0.15, 0.2) is 54.6 Å². The van der Waals surface area contributed by atoms with Crippen LogP contribution < -0.4 is 20.7 Å². The lowest BCUT2D eigenvalue weighted by Gasteiger charge is -2.11. The molecule has 2 aromatic carbocycles. The number of carbonyl (C=O) groups is 2. The van der Waals surface area contributed by atoms with Gasteiger partial charge in [-0.3, -0.25) is 14.9 Å². The summed E-state index contributed by atoms with van der Waals surface area (Å²) in [6, 6.07) is 16.0. The molecule has 0 saturated carbocycles. The van der Waals surface area contributed by atoms with Gasteiger partial charge in [0.25, 0.3) is 5.91 Å². The van der Waals surface area contributed by atoms with Gasteiger partial charge >= 0.3 is 0 Å². The van der Waals surface area contributed by atoms with Gasteiger partial charge in [-0.25, -0.2) is 0 Å². The van der Waals surface area contributed by atoms with Crippen molar-refractivity contribution in [2.24, 2.45) is 0 Å². The Labute approximate surface area is 145 Å². The lowest BCUT2D eigenvalue weighted by molar-refractivity contribution is -0.121. The minimum atomic E-state index is -0.355. The van der Waals surface area contributed by atoms with Gasteiger partial charge in [0.2, 0.25) is 5.91 Å². The number of nitrogens with one attached hydrogen (secondary N) is 3. The maximum Gasteiger partial charge on any atom is 0.264 e. The van der Waals surface area contributed by atoms with Gasteiger partial charge in [0.1, 0.15) is 5.75 Å². The molecule has 2 rings (SSSR count). The molecule has 124 valence electrons. The molecule has 0 bridgehead atoms. The standard InChI is InChI=1S/C17H17N3O3S/c1-12(21)18-13-7-9-14(10-8-13)19-17(24)20-16(22)11-23-15-5-3-2-4-6-15/h2-10H,11H2,1H3,(H,18,21)(H2,19,20,22,24). The van der Waals surface area contributed by atoms with Crippen LogP contribution in [-0.2, 0) is 9.59 Å². The maximum atomic E-state index is 11.8. The van der Waals surface area contributed by atoms with Crippen LogP contribution in [0.1, 0.15) is 6.92 Å². The molecule has 0 fully saturated rings. The van der Waals surface area contributed by atoms with Crippen LogP contribution in [0.4, 0.5) is 11.4 Å². The quantitative estimate of drug-likeness (QED) is 0.727. The number of hydrogen-bond acceptors (Lipinski definition) is 4. The number of amides is 2.